The van der Waals surface area contributed by atoms with Crippen LogP contribution < -0.4 is 10.6 Å². The molecule has 0 unspecified atom stereocenters. The number of aryl methyl sites for hydroxylation is 1. The Labute approximate surface area is 150 Å². The Balaban J connectivity index is 1.58. The first kappa shape index (κ1) is 17.7. The van der Waals surface area contributed by atoms with Gasteiger partial charge in [0, 0.05) is 26.7 Å². The van der Waals surface area contributed by atoms with Crippen LogP contribution in [-0.2, 0) is 13.6 Å². The van der Waals surface area contributed by atoms with E-state index in [1.54, 1.807) is 0 Å². The van der Waals surface area contributed by atoms with Crippen molar-refractivity contribution >= 4 is 17.0 Å². The zero-order valence-corrected chi connectivity index (χ0v) is 15.5. The van der Waals surface area contributed by atoms with Gasteiger partial charge in [-0.15, -0.1) is 0 Å². The van der Waals surface area contributed by atoms with Crippen molar-refractivity contribution in [1.82, 2.24) is 25.1 Å². The zero-order valence-electron chi connectivity index (χ0n) is 15.5. The third-order valence-corrected chi connectivity index (χ3v) is 4.77. The number of nitrogens with zero attached hydrogens (tertiary/aromatic N) is 4. The van der Waals surface area contributed by atoms with Crippen molar-refractivity contribution in [3.8, 4) is 0 Å². The monoisotopic (exact) mass is 342 g/mol. The molecule has 3 rings (SSSR count). The number of hydrogen-bond donors (Lipinski definition) is 2. The molecule has 25 heavy (non-hydrogen) atoms. The van der Waals surface area contributed by atoms with Gasteiger partial charge in [-0.05, 0) is 45.0 Å². The Hall–Kier alpha value is -2.08. The van der Waals surface area contributed by atoms with E-state index in [9.17, 15) is 0 Å². The maximum atomic E-state index is 4.72. The maximum Gasteiger partial charge on any atom is 0.191 e. The molecule has 0 aliphatic carbocycles. The van der Waals surface area contributed by atoms with Crippen molar-refractivity contribution in [2.45, 2.75) is 32.7 Å². The summed E-state index contributed by atoms with van der Waals surface area (Å²) >= 11 is 0. The van der Waals surface area contributed by atoms with Gasteiger partial charge in [0.05, 0.1) is 11.0 Å². The Morgan fingerprint density at radius 3 is 2.72 bits per heavy atom. The van der Waals surface area contributed by atoms with Crippen molar-refractivity contribution in [2.24, 2.45) is 12.0 Å². The van der Waals surface area contributed by atoms with Crippen LogP contribution in [0, 0.1) is 0 Å². The average Bonchev–Trinajstić information content (AvgIpc) is 2.97. The SMILES string of the molecule is CCNC(=NCc1nc2ccccc2n1C)NCCN1CCCCC1. The first-order valence-corrected chi connectivity index (χ1v) is 9.43. The van der Waals surface area contributed by atoms with Crippen molar-refractivity contribution in [1.29, 1.82) is 0 Å². The molecule has 0 spiro atoms. The minimum Gasteiger partial charge on any atom is -0.357 e. The maximum absolute atomic E-state index is 4.72. The quantitative estimate of drug-likeness (QED) is 0.624. The van der Waals surface area contributed by atoms with Crippen molar-refractivity contribution < 1.29 is 0 Å². The van der Waals surface area contributed by atoms with Gasteiger partial charge in [-0.2, -0.15) is 0 Å². The predicted octanol–water partition coefficient (Wildman–Crippen LogP) is 2.11. The molecule has 0 amide bonds. The highest BCUT2D eigenvalue weighted by molar-refractivity contribution is 5.80. The molecule has 0 atom stereocenters. The summed E-state index contributed by atoms with van der Waals surface area (Å²) in [6.07, 6.45) is 4.05. The van der Waals surface area contributed by atoms with Gasteiger partial charge in [0.15, 0.2) is 5.96 Å². The number of guanidine groups is 1. The van der Waals surface area contributed by atoms with Crippen LogP contribution >= 0.6 is 0 Å². The van der Waals surface area contributed by atoms with Crippen molar-refractivity contribution in [3.05, 3.63) is 30.1 Å². The largest absolute Gasteiger partial charge is 0.357 e. The summed E-state index contributed by atoms with van der Waals surface area (Å²) in [5, 5.41) is 6.78. The van der Waals surface area contributed by atoms with Crippen molar-refractivity contribution in [2.75, 3.05) is 32.7 Å². The lowest BCUT2D eigenvalue weighted by molar-refractivity contribution is 0.232. The molecule has 1 saturated heterocycles. The molecule has 1 aromatic heterocycles. The smallest absolute Gasteiger partial charge is 0.191 e. The van der Waals surface area contributed by atoms with Gasteiger partial charge in [-0.1, -0.05) is 18.6 Å². The number of likely N-dealkylation sites (tertiary alicyclic amines) is 1. The van der Waals surface area contributed by atoms with E-state index in [0.717, 1.165) is 42.5 Å². The summed E-state index contributed by atoms with van der Waals surface area (Å²) in [6.45, 7) is 7.99. The van der Waals surface area contributed by atoms with Crippen LogP contribution in [0.3, 0.4) is 0 Å². The third kappa shape index (κ3) is 4.72. The fourth-order valence-corrected chi connectivity index (χ4v) is 3.34. The van der Waals surface area contributed by atoms with Gasteiger partial charge < -0.3 is 20.1 Å². The number of aromatic nitrogens is 2. The van der Waals surface area contributed by atoms with Crippen molar-refractivity contribution in [3.63, 3.8) is 0 Å². The summed E-state index contributed by atoms with van der Waals surface area (Å²) in [6, 6.07) is 8.21. The van der Waals surface area contributed by atoms with Gasteiger partial charge in [-0.3, -0.25) is 0 Å². The summed E-state index contributed by atoms with van der Waals surface area (Å²) < 4.78 is 2.12. The number of rotatable bonds is 6. The molecule has 2 heterocycles. The van der Waals surface area contributed by atoms with E-state index in [0.29, 0.717) is 6.54 Å². The molecule has 2 N–H and O–H groups in total. The van der Waals surface area contributed by atoms with Crippen LogP contribution in [-0.4, -0.2) is 53.1 Å². The topological polar surface area (TPSA) is 57.5 Å². The molecule has 1 aliphatic rings. The lowest BCUT2D eigenvalue weighted by Crippen LogP contribution is -2.42. The number of hydrogen-bond acceptors (Lipinski definition) is 3. The summed E-state index contributed by atoms with van der Waals surface area (Å²) in [4.78, 5) is 11.9. The van der Waals surface area contributed by atoms with Gasteiger partial charge in [0.2, 0.25) is 0 Å². The fourth-order valence-electron chi connectivity index (χ4n) is 3.34. The van der Waals surface area contributed by atoms with E-state index in [4.69, 9.17) is 9.98 Å². The van der Waals surface area contributed by atoms with Crippen LogP contribution in [0.4, 0.5) is 0 Å². The minimum absolute atomic E-state index is 0.574. The minimum atomic E-state index is 0.574. The molecule has 0 saturated carbocycles. The van der Waals surface area contributed by atoms with E-state index in [-0.39, 0.29) is 0 Å². The molecule has 1 aromatic carbocycles. The molecule has 0 bridgehead atoms. The van der Waals surface area contributed by atoms with Crippen LogP contribution in [0.15, 0.2) is 29.3 Å². The van der Waals surface area contributed by atoms with E-state index in [1.807, 2.05) is 18.2 Å². The third-order valence-electron chi connectivity index (χ3n) is 4.77. The van der Waals surface area contributed by atoms with E-state index in [1.165, 1.54) is 32.4 Å². The van der Waals surface area contributed by atoms with Gasteiger partial charge in [0.1, 0.15) is 12.4 Å². The second-order valence-electron chi connectivity index (χ2n) is 6.60. The highest BCUT2D eigenvalue weighted by Gasteiger charge is 2.10. The number of para-hydroxylation sites is 2. The molecule has 1 fully saturated rings. The fraction of sp³-hybridized carbons (Fsp3) is 0.579. The standard InChI is InChI=1S/C19H30N6/c1-3-20-19(21-11-14-25-12-7-4-8-13-25)22-15-18-23-16-9-5-6-10-17(16)24(18)2/h5-6,9-10H,3-4,7-8,11-15H2,1-2H3,(H2,20,21,22). The number of benzene rings is 1. The Morgan fingerprint density at radius 2 is 1.96 bits per heavy atom. The van der Waals surface area contributed by atoms with Gasteiger partial charge >= 0.3 is 0 Å². The molecule has 136 valence electrons. The highest BCUT2D eigenvalue weighted by atomic mass is 15.2. The number of aliphatic imine (C=N–C) groups is 1. The van der Waals surface area contributed by atoms with E-state index < -0.39 is 0 Å². The first-order chi connectivity index (χ1) is 12.3. The van der Waals surface area contributed by atoms with Crippen LogP contribution in [0.25, 0.3) is 11.0 Å². The van der Waals surface area contributed by atoms with Crippen LogP contribution in [0.2, 0.25) is 0 Å². The average molecular weight is 342 g/mol. The number of nitrogens with one attached hydrogen (secondary N) is 2. The van der Waals surface area contributed by atoms with Gasteiger partial charge in [0.25, 0.3) is 0 Å². The number of imidazole rings is 1. The lowest BCUT2D eigenvalue weighted by atomic mass is 10.1. The first-order valence-electron chi connectivity index (χ1n) is 9.43. The molecule has 0 radical (unpaired) electrons. The molecule has 6 nitrogen and oxygen atoms in total. The Bertz CT molecular complexity index is 699. The summed E-state index contributed by atoms with van der Waals surface area (Å²) in [5.41, 5.74) is 2.18. The van der Waals surface area contributed by atoms with Crippen LogP contribution in [0.1, 0.15) is 32.0 Å². The predicted molar refractivity (Wildman–Crippen MR) is 104 cm³/mol. The molecule has 1 aliphatic heterocycles. The second-order valence-corrected chi connectivity index (χ2v) is 6.60. The summed E-state index contributed by atoms with van der Waals surface area (Å²) in [7, 11) is 2.05. The van der Waals surface area contributed by atoms with Gasteiger partial charge in [-0.25, -0.2) is 9.98 Å². The number of piperidine rings is 1. The zero-order chi connectivity index (χ0) is 17.5. The second kappa shape index (κ2) is 8.85. The highest BCUT2D eigenvalue weighted by Crippen LogP contribution is 2.14. The summed E-state index contributed by atoms with van der Waals surface area (Å²) in [5.74, 6) is 1.85. The van der Waals surface area contributed by atoms with E-state index >= 15 is 0 Å². The van der Waals surface area contributed by atoms with Crippen LogP contribution in [0.5, 0.6) is 0 Å². The normalized spacial score (nSPS) is 16.3. The molecule has 2 aromatic rings. The Kier molecular flexibility index (Phi) is 6.28. The molecule has 6 heteroatoms. The lowest BCUT2D eigenvalue weighted by Gasteiger charge is -2.26. The Morgan fingerprint density at radius 1 is 1.16 bits per heavy atom. The van der Waals surface area contributed by atoms with E-state index in [2.05, 4.69) is 40.1 Å². The molecular weight excluding hydrogens is 312 g/mol. The molecular formula is C19H30N6. The number of fused-ring (bicyclic) bond motifs is 1.